The molecule has 1 aromatic heterocycles. The Morgan fingerprint density at radius 1 is 1.14 bits per heavy atom. The van der Waals surface area contributed by atoms with Crippen LogP contribution < -0.4 is 5.82 Å². The summed E-state index contributed by atoms with van der Waals surface area (Å²) in [5, 5.41) is 0. The fourth-order valence-corrected chi connectivity index (χ4v) is 1.08. The molecule has 0 saturated heterocycles. The van der Waals surface area contributed by atoms with Crippen molar-refractivity contribution in [3.8, 4) is 0 Å². The molecule has 0 fully saturated rings. The molecular formula is C9H6F8O4. The first kappa shape index (κ1) is 17.5. The highest BCUT2D eigenvalue weighted by molar-refractivity contribution is 4.98. The van der Waals surface area contributed by atoms with Gasteiger partial charge in [-0.1, -0.05) is 0 Å². The van der Waals surface area contributed by atoms with Gasteiger partial charge >= 0.3 is 30.0 Å². The van der Waals surface area contributed by atoms with Crippen LogP contribution in [0, 0.1) is 0 Å². The standard InChI is InChI=1S/C9H6F8O4/c10-5(11)8(14,15)9(16,17)7(12,13)3-19-1-4-2-20-6(18)21-4/h2,5H,1,3H2. The zero-order valence-corrected chi connectivity index (χ0v) is 9.73. The second-order valence-electron chi connectivity index (χ2n) is 3.75. The normalized spacial score (nSPS) is 14.0. The molecule has 0 bridgehead atoms. The van der Waals surface area contributed by atoms with Crippen LogP contribution in [-0.2, 0) is 11.3 Å². The molecule has 0 radical (unpaired) electrons. The highest BCUT2D eigenvalue weighted by Gasteiger charge is 2.75. The lowest BCUT2D eigenvalue weighted by Gasteiger charge is -2.31. The van der Waals surface area contributed by atoms with Crippen molar-refractivity contribution in [1.82, 2.24) is 0 Å². The first-order valence-electron chi connectivity index (χ1n) is 4.98. The van der Waals surface area contributed by atoms with E-state index in [0.717, 1.165) is 0 Å². The highest BCUT2D eigenvalue weighted by Crippen LogP contribution is 2.48. The molecule has 0 amide bonds. The minimum Gasteiger partial charge on any atom is -0.399 e. The molecule has 0 aromatic carbocycles. The lowest BCUT2D eigenvalue weighted by atomic mass is 10.1. The number of hydrogen-bond acceptors (Lipinski definition) is 4. The highest BCUT2D eigenvalue weighted by atomic mass is 19.4. The predicted octanol–water partition coefficient (Wildman–Crippen LogP) is 2.92. The van der Waals surface area contributed by atoms with E-state index in [0.29, 0.717) is 6.26 Å². The van der Waals surface area contributed by atoms with Gasteiger partial charge in [-0.2, -0.15) is 26.3 Å². The molecule has 21 heavy (non-hydrogen) atoms. The summed E-state index contributed by atoms with van der Waals surface area (Å²) in [6, 6.07) is 0. The smallest absolute Gasteiger partial charge is 0.399 e. The van der Waals surface area contributed by atoms with Crippen molar-refractivity contribution >= 4 is 0 Å². The Morgan fingerprint density at radius 2 is 1.71 bits per heavy atom. The van der Waals surface area contributed by atoms with Crippen molar-refractivity contribution in [2.45, 2.75) is 30.8 Å². The van der Waals surface area contributed by atoms with Gasteiger partial charge in [0.25, 0.3) is 0 Å². The van der Waals surface area contributed by atoms with Gasteiger partial charge in [0.1, 0.15) is 19.5 Å². The number of rotatable bonds is 7. The summed E-state index contributed by atoms with van der Waals surface area (Å²) in [6.45, 7) is -3.30. The molecule has 0 aliphatic heterocycles. The van der Waals surface area contributed by atoms with Crippen molar-refractivity contribution in [2.75, 3.05) is 6.61 Å². The number of alkyl halides is 8. The minimum atomic E-state index is -6.34. The van der Waals surface area contributed by atoms with Crippen molar-refractivity contribution in [2.24, 2.45) is 0 Å². The van der Waals surface area contributed by atoms with Gasteiger partial charge in [0.05, 0.1) is 0 Å². The molecule has 0 aliphatic carbocycles. The maximum atomic E-state index is 13.0. The number of ether oxygens (including phenoxy) is 1. The quantitative estimate of drug-likeness (QED) is 0.722. The van der Waals surface area contributed by atoms with Crippen LogP contribution in [0.15, 0.2) is 19.9 Å². The van der Waals surface area contributed by atoms with Gasteiger partial charge in [0, 0.05) is 0 Å². The molecule has 4 nitrogen and oxygen atoms in total. The van der Waals surface area contributed by atoms with E-state index in [1.54, 1.807) is 0 Å². The van der Waals surface area contributed by atoms with Gasteiger partial charge in [-0.25, -0.2) is 13.6 Å². The zero-order valence-electron chi connectivity index (χ0n) is 9.73. The molecule has 12 heteroatoms. The zero-order chi connectivity index (χ0) is 16.5. The predicted molar refractivity (Wildman–Crippen MR) is 47.7 cm³/mol. The Labute approximate surface area is 110 Å². The maximum absolute atomic E-state index is 13.0. The lowest BCUT2D eigenvalue weighted by molar-refractivity contribution is -0.346. The Balaban J connectivity index is 2.73. The number of halogens is 8. The van der Waals surface area contributed by atoms with E-state index in [2.05, 4.69) is 13.6 Å². The van der Waals surface area contributed by atoms with Gasteiger partial charge in [-0.15, -0.1) is 0 Å². The third-order valence-corrected chi connectivity index (χ3v) is 2.18. The summed E-state index contributed by atoms with van der Waals surface area (Å²) in [5.41, 5.74) is 0. The topological polar surface area (TPSA) is 52.6 Å². The molecular weight excluding hydrogens is 324 g/mol. The summed E-state index contributed by atoms with van der Waals surface area (Å²) in [7, 11) is 0. The van der Waals surface area contributed by atoms with Crippen molar-refractivity contribution < 1.29 is 48.7 Å². The Hall–Kier alpha value is -1.59. The molecule has 1 rings (SSSR count). The summed E-state index contributed by atoms with van der Waals surface area (Å²) in [5.74, 6) is -19.9. The van der Waals surface area contributed by atoms with E-state index >= 15 is 0 Å². The second-order valence-corrected chi connectivity index (χ2v) is 3.75. The molecule has 0 N–H and O–H groups in total. The first-order valence-corrected chi connectivity index (χ1v) is 4.98. The fraction of sp³-hybridized carbons (Fsp3) is 0.667. The Bertz CT molecular complexity index is 520. The molecule has 0 spiro atoms. The summed E-state index contributed by atoms with van der Waals surface area (Å²) in [6.07, 6.45) is -4.39. The van der Waals surface area contributed by atoms with E-state index in [1.165, 1.54) is 0 Å². The average molecular weight is 330 g/mol. The maximum Gasteiger partial charge on any atom is 0.518 e. The molecule has 122 valence electrons. The summed E-state index contributed by atoms with van der Waals surface area (Å²) >= 11 is 0. The van der Waals surface area contributed by atoms with Gasteiger partial charge < -0.3 is 13.6 Å². The third-order valence-electron chi connectivity index (χ3n) is 2.18. The molecule has 0 aliphatic rings. The van der Waals surface area contributed by atoms with Crippen LogP contribution >= 0.6 is 0 Å². The van der Waals surface area contributed by atoms with E-state index in [1.807, 2.05) is 0 Å². The Morgan fingerprint density at radius 3 is 2.14 bits per heavy atom. The monoisotopic (exact) mass is 330 g/mol. The van der Waals surface area contributed by atoms with Crippen LogP contribution in [0.4, 0.5) is 35.1 Å². The summed E-state index contributed by atoms with van der Waals surface area (Å²) < 4.78 is 112. The van der Waals surface area contributed by atoms with Gasteiger partial charge in [-0.3, -0.25) is 0 Å². The average Bonchev–Trinajstić information content (AvgIpc) is 2.74. The van der Waals surface area contributed by atoms with Crippen molar-refractivity contribution in [1.29, 1.82) is 0 Å². The van der Waals surface area contributed by atoms with Gasteiger partial charge in [0.2, 0.25) is 0 Å². The number of hydrogen-bond donors (Lipinski definition) is 0. The van der Waals surface area contributed by atoms with E-state index in [-0.39, 0.29) is 0 Å². The minimum absolute atomic E-state index is 0.486. The van der Waals surface area contributed by atoms with Crippen LogP contribution in [0.5, 0.6) is 0 Å². The van der Waals surface area contributed by atoms with Gasteiger partial charge in [-0.05, 0) is 0 Å². The van der Waals surface area contributed by atoms with Crippen molar-refractivity contribution in [3.05, 3.63) is 22.6 Å². The molecule has 1 aromatic rings. The lowest BCUT2D eigenvalue weighted by Crippen LogP contribution is -2.59. The van der Waals surface area contributed by atoms with Crippen LogP contribution in [0.2, 0.25) is 0 Å². The molecule has 1 heterocycles. The van der Waals surface area contributed by atoms with E-state index in [4.69, 9.17) is 0 Å². The summed E-state index contributed by atoms with van der Waals surface area (Å²) in [4.78, 5) is 10.4. The van der Waals surface area contributed by atoms with Crippen LogP contribution in [0.1, 0.15) is 5.76 Å². The largest absolute Gasteiger partial charge is 0.518 e. The fourth-order valence-electron chi connectivity index (χ4n) is 1.08. The second kappa shape index (κ2) is 5.66. The van der Waals surface area contributed by atoms with E-state index < -0.39 is 49.0 Å². The first-order chi connectivity index (χ1) is 9.42. The van der Waals surface area contributed by atoms with Gasteiger partial charge in [0.15, 0.2) is 5.76 Å². The van der Waals surface area contributed by atoms with E-state index in [9.17, 15) is 39.9 Å². The van der Waals surface area contributed by atoms with Crippen molar-refractivity contribution in [3.63, 3.8) is 0 Å². The molecule has 0 unspecified atom stereocenters. The molecule has 0 saturated carbocycles. The van der Waals surface area contributed by atoms with Crippen LogP contribution in [0.25, 0.3) is 0 Å². The SMILES string of the molecule is O=c1occ(COCC(F)(F)C(F)(F)C(F)(F)C(F)F)o1. The Kier molecular flexibility index (Phi) is 4.70. The molecule has 0 atom stereocenters. The van der Waals surface area contributed by atoms with Crippen LogP contribution in [0.3, 0.4) is 0 Å². The van der Waals surface area contributed by atoms with Crippen LogP contribution in [-0.4, -0.2) is 30.8 Å². The third kappa shape index (κ3) is 3.36.